The summed E-state index contributed by atoms with van der Waals surface area (Å²) in [6.45, 7) is 2.18. The molecule has 4 aromatic carbocycles. The Kier molecular flexibility index (Phi) is 11.2. The van der Waals surface area contributed by atoms with Gasteiger partial charge in [0.15, 0.2) is 4.80 Å². The molecule has 0 amide bonds. The van der Waals surface area contributed by atoms with Crippen LogP contribution in [0.25, 0.3) is 11.8 Å². The number of halogens is 4. The molecule has 0 radical (unpaired) electrons. The Morgan fingerprint density at radius 3 is 2.50 bits per heavy atom. The Morgan fingerprint density at radius 2 is 1.81 bits per heavy atom. The lowest BCUT2D eigenvalue weighted by atomic mass is 9.93. The molecule has 0 spiro atoms. The predicted octanol–water partition coefficient (Wildman–Crippen LogP) is 8.91. The SMILES string of the molecule is CCOC(=O)C1=C(c2ccccc2)N=c2s/c(=C\c3cc(Br)cc(I)c3OCc3ccc(Cl)c(Cl)c3)c(=O)n2[C@H]1c1ccc(SC)cc1. The van der Waals surface area contributed by atoms with Crippen LogP contribution in [0.1, 0.15) is 35.2 Å². The van der Waals surface area contributed by atoms with Crippen LogP contribution in [0.5, 0.6) is 5.75 Å². The first-order valence-corrected chi connectivity index (χ1v) is 19.3. The molecule has 1 aromatic heterocycles. The van der Waals surface area contributed by atoms with Crippen molar-refractivity contribution < 1.29 is 14.3 Å². The smallest absolute Gasteiger partial charge is 0.338 e. The molecule has 0 saturated carbocycles. The van der Waals surface area contributed by atoms with Crippen molar-refractivity contribution in [2.24, 2.45) is 4.99 Å². The highest BCUT2D eigenvalue weighted by molar-refractivity contribution is 14.1. The standard InChI is InChI=1S/C36H26BrCl2IN2O4S2/c1-3-45-35(44)30-31(21-7-5-4-6-8-21)41-36-42(32(30)22-10-12-25(47-2)13-11-22)34(43)29(48-36)17-23-16-24(37)18-28(40)33(23)46-19-20-9-14-26(38)27(39)15-20/h4-18,32H,3,19H2,1-2H3/b29-17-/t32-/m0/s1. The minimum absolute atomic E-state index is 0.180. The van der Waals surface area contributed by atoms with Gasteiger partial charge in [-0.25, -0.2) is 9.79 Å². The van der Waals surface area contributed by atoms with Gasteiger partial charge in [-0.2, -0.15) is 0 Å². The van der Waals surface area contributed by atoms with E-state index in [1.165, 1.54) is 11.3 Å². The highest BCUT2D eigenvalue weighted by Gasteiger charge is 2.35. The fourth-order valence-electron chi connectivity index (χ4n) is 5.31. The Hall–Kier alpha value is -2.87. The van der Waals surface area contributed by atoms with E-state index in [1.807, 2.05) is 85.1 Å². The van der Waals surface area contributed by atoms with E-state index in [9.17, 15) is 9.59 Å². The molecule has 1 aliphatic heterocycles. The third-order valence-electron chi connectivity index (χ3n) is 7.50. The third-order valence-corrected chi connectivity index (χ3v) is 11.2. The molecule has 5 aromatic rings. The molecule has 1 aliphatic rings. The maximum Gasteiger partial charge on any atom is 0.338 e. The van der Waals surface area contributed by atoms with Crippen LogP contribution < -0.4 is 19.6 Å². The van der Waals surface area contributed by atoms with Gasteiger partial charge < -0.3 is 9.47 Å². The Balaban J connectivity index is 1.54. The third kappa shape index (κ3) is 7.34. The molecule has 0 aliphatic carbocycles. The first-order chi connectivity index (χ1) is 23.2. The zero-order chi connectivity index (χ0) is 33.9. The lowest BCUT2D eigenvalue weighted by Crippen LogP contribution is -2.40. The molecule has 0 bridgehead atoms. The zero-order valence-electron chi connectivity index (χ0n) is 25.5. The normalized spacial score (nSPS) is 14.5. The second kappa shape index (κ2) is 15.3. The van der Waals surface area contributed by atoms with E-state index in [0.29, 0.717) is 42.0 Å². The van der Waals surface area contributed by atoms with E-state index in [4.69, 9.17) is 37.7 Å². The summed E-state index contributed by atoms with van der Waals surface area (Å²) in [5.74, 6) is 0.0879. The molecular formula is C36H26BrCl2IN2O4S2. The predicted molar refractivity (Wildman–Crippen MR) is 207 cm³/mol. The summed E-state index contributed by atoms with van der Waals surface area (Å²) in [6, 6.07) is 25.8. The van der Waals surface area contributed by atoms with Crippen LogP contribution in [0.4, 0.5) is 0 Å². The van der Waals surface area contributed by atoms with Gasteiger partial charge >= 0.3 is 5.97 Å². The lowest BCUT2D eigenvalue weighted by Gasteiger charge is -2.26. The molecule has 6 rings (SSSR count). The molecule has 2 heterocycles. The van der Waals surface area contributed by atoms with Gasteiger partial charge in [0.25, 0.3) is 5.56 Å². The highest BCUT2D eigenvalue weighted by Crippen LogP contribution is 2.36. The van der Waals surface area contributed by atoms with E-state index in [1.54, 1.807) is 35.4 Å². The molecule has 0 unspecified atom stereocenters. The molecule has 48 heavy (non-hydrogen) atoms. The summed E-state index contributed by atoms with van der Waals surface area (Å²) < 4.78 is 15.6. The van der Waals surface area contributed by atoms with Crippen molar-refractivity contribution in [3.63, 3.8) is 0 Å². The molecule has 0 fully saturated rings. The van der Waals surface area contributed by atoms with Gasteiger partial charge in [0.2, 0.25) is 0 Å². The van der Waals surface area contributed by atoms with Crippen LogP contribution in [0.15, 0.2) is 110 Å². The summed E-state index contributed by atoms with van der Waals surface area (Å²) in [7, 11) is 0. The summed E-state index contributed by atoms with van der Waals surface area (Å²) in [5, 5.41) is 0.911. The summed E-state index contributed by atoms with van der Waals surface area (Å²) in [4.78, 5) is 34.7. The number of thiazole rings is 1. The number of hydrogen-bond donors (Lipinski definition) is 0. The number of rotatable bonds is 9. The number of aromatic nitrogens is 1. The first-order valence-electron chi connectivity index (χ1n) is 14.7. The quantitative estimate of drug-likeness (QED) is 0.0841. The highest BCUT2D eigenvalue weighted by atomic mass is 127. The minimum atomic E-state index is -0.762. The van der Waals surface area contributed by atoms with Crippen LogP contribution in [-0.2, 0) is 16.1 Å². The van der Waals surface area contributed by atoms with Gasteiger partial charge in [-0.05, 0) is 89.4 Å². The van der Waals surface area contributed by atoms with Gasteiger partial charge in [0, 0.05) is 20.5 Å². The Morgan fingerprint density at radius 1 is 1.06 bits per heavy atom. The average Bonchev–Trinajstić information content (AvgIpc) is 3.39. The molecular weight excluding hydrogens is 866 g/mol. The van der Waals surface area contributed by atoms with E-state index >= 15 is 0 Å². The van der Waals surface area contributed by atoms with Gasteiger partial charge in [-0.15, -0.1) is 11.8 Å². The topological polar surface area (TPSA) is 69.9 Å². The van der Waals surface area contributed by atoms with Crippen molar-refractivity contribution in [3.8, 4) is 5.75 Å². The molecule has 6 nitrogen and oxygen atoms in total. The number of nitrogens with zero attached hydrogens (tertiary/aromatic N) is 2. The first kappa shape index (κ1) is 35.0. The van der Waals surface area contributed by atoms with Crippen LogP contribution >= 0.6 is 84.8 Å². The van der Waals surface area contributed by atoms with Gasteiger partial charge in [-0.1, -0.05) is 99.0 Å². The second-order valence-corrected chi connectivity index (χ2v) is 15.3. The van der Waals surface area contributed by atoms with E-state index in [2.05, 4.69) is 38.5 Å². The molecule has 0 saturated heterocycles. The maximum absolute atomic E-state index is 14.4. The van der Waals surface area contributed by atoms with Crippen LogP contribution in [0, 0.1) is 3.57 Å². The number of thioether (sulfide) groups is 1. The fourth-order valence-corrected chi connectivity index (χ4v) is 8.73. The van der Waals surface area contributed by atoms with Gasteiger partial charge in [0.05, 0.1) is 42.1 Å². The van der Waals surface area contributed by atoms with Crippen LogP contribution in [-0.4, -0.2) is 23.4 Å². The van der Waals surface area contributed by atoms with E-state index in [-0.39, 0.29) is 18.8 Å². The van der Waals surface area contributed by atoms with Crippen molar-refractivity contribution in [3.05, 3.63) is 151 Å². The van der Waals surface area contributed by atoms with Crippen LogP contribution in [0.3, 0.4) is 0 Å². The number of ether oxygens (including phenoxy) is 2. The molecule has 0 N–H and O–H groups in total. The largest absolute Gasteiger partial charge is 0.487 e. The Labute approximate surface area is 317 Å². The average molecular weight is 892 g/mol. The van der Waals surface area contributed by atoms with Gasteiger partial charge in [0.1, 0.15) is 12.4 Å². The van der Waals surface area contributed by atoms with Crippen molar-refractivity contribution in [1.29, 1.82) is 0 Å². The minimum Gasteiger partial charge on any atom is -0.487 e. The number of carbonyl (C=O) groups is 1. The second-order valence-electron chi connectivity index (χ2n) is 10.5. The number of fused-ring (bicyclic) bond motifs is 1. The van der Waals surface area contributed by atoms with Crippen molar-refractivity contribution in [1.82, 2.24) is 4.57 Å². The maximum atomic E-state index is 14.4. The molecule has 12 heteroatoms. The van der Waals surface area contributed by atoms with E-state index in [0.717, 1.165) is 29.6 Å². The molecule has 1 atom stereocenters. The lowest BCUT2D eigenvalue weighted by molar-refractivity contribution is -0.138. The number of hydrogen-bond acceptors (Lipinski definition) is 7. The van der Waals surface area contributed by atoms with Crippen molar-refractivity contribution in [2.75, 3.05) is 12.9 Å². The number of esters is 1. The summed E-state index contributed by atoms with van der Waals surface area (Å²) >= 11 is 21.0. The van der Waals surface area contributed by atoms with Crippen molar-refractivity contribution in [2.45, 2.75) is 24.5 Å². The summed E-state index contributed by atoms with van der Waals surface area (Å²) in [5.41, 5.74) is 3.58. The van der Waals surface area contributed by atoms with E-state index < -0.39 is 12.0 Å². The Bertz CT molecular complexity index is 2240. The summed E-state index contributed by atoms with van der Waals surface area (Å²) in [6.07, 6.45) is 3.81. The molecule has 244 valence electrons. The van der Waals surface area contributed by atoms with Crippen LogP contribution in [0.2, 0.25) is 10.0 Å². The van der Waals surface area contributed by atoms with Gasteiger partial charge in [-0.3, -0.25) is 9.36 Å². The fraction of sp³-hybridized carbons (Fsp3) is 0.139. The zero-order valence-corrected chi connectivity index (χ0v) is 32.4. The van der Waals surface area contributed by atoms with Crippen molar-refractivity contribution >= 4 is 103 Å². The number of carbonyl (C=O) groups excluding carboxylic acids is 1. The number of benzene rings is 4. The monoisotopic (exact) mass is 890 g/mol.